The van der Waals surface area contributed by atoms with Crippen LogP contribution in [-0.2, 0) is 9.47 Å². The van der Waals surface area contributed by atoms with Crippen LogP contribution in [0.4, 0.5) is 0 Å². The molecule has 2 fully saturated rings. The lowest BCUT2D eigenvalue weighted by atomic mass is 10.1. The average molecular weight is 213 g/mol. The van der Waals surface area contributed by atoms with Crippen molar-refractivity contribution in [2.45, 2.75) is 44.8 Å². The molecular formula is C12H23NO2. The van der Waals surface area contributed by atoms with E-state index in [1.54, 1.807) is 0 Å². The van der Waals surface area contributed by atoms with Crippen LogP contribution in [0.2, 0.25) is 0 Å². The quantitative estimate of drug-likeness (QED) is 0.726. The summed E-state index contributed by atoms with van der Waals surface area (Å²) < 4.78 is 11.4. The highest BCUT2D eigenvalue weighted by molar-refractivity contribution is 4.82. The summed E-state index contributed by atoms with van der Waals surface area (Å²) in [6.45, 7) is 5.89. The lowest BCUT2D eigenvalue weighted by Gasteiger charge is -2.32. The minimum atomic E-state index is 0.283. The topological polar surface area (TPSA) is 30.5 Å². The summed E-state index contributed by atoms with van der Waals surface area (Å²) in [7, 11) is 0. The van der Waals surface area contributed by atoms with Crippen molar-refractivity contribution in [1.82, 2.24) is 5.32 Å². The first-order valence-corrected chi connectivity index (χ1v) is 6.33. The first-order chi connectivity index (χ1) is 7.40. The predicted octanol–water partition coefficient (Wildman–Crippen LogP) is 1.57. The Bertz CT molecular complexity index is 182. The number of hydrogen-bond donors (Lipinski definition) is 1. The average Bonchev–Trinajstić information content (AvgIpc) is 3.08. The Hall–Kier alpha value is -0.120. The van der Waals surface area contributed by atoms with E-state index in [2.05, 4.69) is 12.2 Å². The maximum Gasteiger partial charge on any atom is 0.0961 e. The molecule has 1 saturated heterocycles. The van der Waals surface area contributed by atoms with E-state index in [0.29, 0.717) is 6.04 Å². The molecule has 88 valence electrons. The van der Waals surface area contributed by atoms with Crippen LogP contribution >= 0.6 is 0 Å². The highest BCUT2D eigenvalue weighted by Gasteiger charge is 2.29. The molecule has 3 heteroatoms. The molecule has 3 nitrogen and oxygen atoms in total. The lowest BCUT2D eigenvalue weighted by Crippen LogP contribution is -2.48. The van der Waals surface area contributed by atoms with Gasteiger partial charge in [0.05, 0.1) is 12.7 Å². The van der Waals surface area contributed by atoms with E-state index >= 15 is 0 Å². The summed E-state index contributed by atoms with van der Waals surface area (Å²) in [5.41, 5.74) is 0. The van der Waals surface area contributed by atoms with Gasteiger partial charge in [-0.2, -0.15) is 0 Å². The van der Waals surface area contributed by atoms with Crippen molar-refractivity contribution in [3.8, 4) is 0 Å². The zero-order valence-corrected chi connectivity index (χ0v) is 9.71. The Labute approximate surface area is 92.5 Å². The van der Waals surface area contributed by atoms with Crippen molar-refractivity contribution >= 4 is 0 Å². The Balaban J connectivity index is 1.70. The van der Waals surface area contributed by atoms with Crippen LogP contribution in [0.15, 0.2) is 0 Å². The molecule has 0 aromatic carbocycles. The molecule has 2 unspecified atom stereocenters. The molecule has 2 rings (SSSR count). The number of hydrogen-bond acceptors (Lipinski definition) is 3. The van der Waals surface area contributed by atoms with Gasteiger partial charge >= 0.3 is 0 Å². The maximum atomic E-state index is 5.93. The SMILES string of the molecule is CCCNC1CCOCC1OCC1CC1. The molecule has 1 N–H and O–H groups in total. The molecule has 0 aromatic rings. The minimum Gasteiger partial charge on any atom is -0.379 e. The minimum absolute atomic E-state index is 0.283. The third-order valence-electron chi connectivity index (χ3n) is 3.20. The molecule has 0 spiro atoms. The Morgan fingerprint density at radius 3 is 2.93 bits per heavy atom. The predicted molar refractivity (Wildman–Crippen MR) is 60.0 cm³/mol. The highest BCUT2D eigenvalue weighted by atomic mass is 16.5. The molecule has 1 aliphatic heterocycles. The second kappa shape index (κ2) is 5.83. The van der Waals surface area contributed by atoms with Gasteiger partial charge in [-0.1, -0.05) is 6.92 Å². The molecule has 0 bridgehead atoms. The maximum absolute atomic E-state index is 5.93. The molecule has 2 atom stereocenters. The smallest absolute Gasteiger partial charge is 0.0961 e. The molecule has 1 heterocycles. The Morgan fingerprint density at radius 1 is 1.33 bits per heavy atom. The Morgan fingerprint density at radius 2 is 2.20 bits per heavy atom. The van der Waals surface area contributed by atoms with E-state index in [9.17, 15) is 0 Å². The number of ether oxygens (including phenoxy) is 2. The molecule has 15 heavy (non-hydrogen) atoms. The van der Waals surface area contributed by atoms with Crippen LogP contribution in [0.5, 0.6) is 0 Å². The van der Waals surface area contributed by atoms with Crippen LogP contribution in [0.3, 0.4) is 0 Å². The summed E-state index contributed by atoms with van der Waals surface area (Å²) in [5, 5.41) is 3.56. The van der Waals surface area contributed by atoms with Crippen LogP contribution in [0, 0.1) is 5.92 Å². The number of nitrogens with one attached hydrogen (secondary N) is 1. The van der Waals surface area contributed by atoms with Crippen molar-refractivity contribution in [3.05, 3.63) is 0 Å². The van der Waals surface area contributed by atoms with Gasteiger partial charge in [0.2, 0.25) is 0 Å². The second-order valence-electron chi connectivity index (χ2n) is 4.74. The second-order valence-corrected chi connectivity index (χ2v) is 4.74. The van der Waals surface area contributed by atoms with Crippen LogP contribution < -0.4 is 5.32 Å². The van der Waals surface area contributed by atoms with E-state index in [0.717, 1.165) is 38.7 Å². The molecule has 0 radical (unpaired) electrons. The van der Waals surface area contributed by atoms with E-state index in [1.165, 1.54) is 19.3 Å². The van der Waals surface area contributed by atoms with Crippen molar-refractivity contribution in [2.24, 2.45) is 5.92 Å². The molecular weight excluding hydrogens is 190 g/mol. The van der Waals surface area contributed by atoms with Crippen LogP contribution in [0.1, 0.15) is 32.6 Å². The summed E-state index contributed by atoms with van der Waals surface area (Å²) in [6, 6.07) is 0.512. The molecule has 0 amide bonds. The van der Waals surface area contributed by atoms with Gasteiger partial charge in [-0.25, -0.2) is 0 Å². The van der Waals surface area contributed by atoms with Gasteiger partial charge in [-0.3, -0.25) is 0 Å². The standard InChI is InChI=1S/C12H23NO2/c1-2-6-13-11-5-7-14-9-12(11)15-8-10-3-4-10/h10-13H,2-9H2,1H3. The molecule has 1 aliphatic carbocycles. The first-order valence-electron chi connectivity index (χ1n) is 6.33. The monoisotopic (exact) mass is 213 g/mol. The van der Waals surface area contributed by atoms with Crippen molar-refractivity contribution < 1.29 is 9.47 Å². The molecule has 1 saturated carbocycles. The molecule has 0 aromatic heterocycles. The van der Waals surface area contributed by atoms with E-state index in [-0.39, 0.29) is 6.10 Å². The van der Waals surface area contributed by atoms with Crippen LogP contribution in [-0.4, -0.2) is 38.5 Å². The summed E-state index contributed by atoms with van der Waals surface area (Å²) in [6.07, 6.45) is 5.29. The zero-order chi connectivity index (χ0) is 10.5. The fraction of sp³-hybridized carbons (Fsp3) is 1.00. The highest BCUT2D eigenvalue weighted by Crippen LogP contribution is 2.29. The normalized spacial score (nSPS) is 31.8. The Kier molecular flexibility index (Phi) is 4.42. The van der Waals surface area contributed by atoms with Crippen LogP contribution in [0.25, 0.3) is 0 Å². The van der Waals surface area contributed by atoms with Gasteiger partial charge in [0, 0.05) is 19.3 Å². The third kappa shape index (κ3) is 3.74. The van der Waals surface area contributed by atoms with Crippen molar-refractivity contribution in [3.63, 3.8) is 0 Å². The van der Waals surface area contributed by atoms with Gasteiger partial charge in [-0.05, 0) is 38.1 Å². The number of rotatable bonds is 6. The largest absolute Gasteiger partial charge is 0.379 e. The molecule has 2 aliphatic rings. The zero-order valence-electron chi connectivity index (χ0n) is 9.71. The van der Waals surface area contributed by atoms with Gasteiger partial charge in [0.1, 0.15) is 0 Å². The lowest BCUT2D eigenvalue weighted by molar-refractivity contribution is -0.0715. The van der Waals surface area contributed by atoms with E-state index in [1.807, 2.05) is 0 Å². The fourth-order valence-electron chi connectivity index (χ4n) is 1.98. The van der Waals surface area contributed by atoms with Gasteiger partial charge < -0.3 is 14.8 Å². The third-order valence-corrected chi connectivity index (χ3v) is 3.20. The van der Waals surface area contributed by atoms with E-state index in [4.69, 9.17) is 9.47 Å². The van der Waals surface area contributed by atoms with E-state index < -0.39 is 0 Å². The van der Waals surface area contributed by atoms with Crippen molar-refractivity contribution in [1.29, 1.82) is 0 Å². The summed E-state index contributed by atoms with van der Waals surface area (Å²) >= 11 is 0. The van der Waals surface area contributed by atoms with Gasteiger partial charge in [0.15, 0.2) is 0 Å². The van der Waals surface area contributed by atoms with Gasteiger partial charge in [0.25, 0.3) is 0 Å². The van der Waals surface area contributed by atoms with Crippen molar-refractivity contribution in [2.75, 3.05) is 26.4 Å². The first kappa shape index (κ1) is 11.4. The van der Waals surface area contributed by atoms with Gasteiger partial charge in [-0.15, -0.1) is 0 Å². The fourth-order valence-corrected chi connectivity index (χ4v) is 1.98. The summed E-state index contributed by atoms with van der Waals surface area (Å²) in [4.78, 5) is 0. The summed E-state index contributed by atoms with van der Waals surface area (Å²) in [5.74, 6) is 0.846.